The molecular formula is C35H46O4. The molecule has 4 nitrogen and oxygen atoms in total. The van der Waals surface area contributed by atoms with Crippen molar-refractivity contribution in [1.29, 1.82) is 0 Å². The molecule has 4 heteroatoms. The van der Waals surface area contributed by atoms with Crippen LogP contribution in [0, 0.1) is 30.1 Å². The molecule has 3 rings (SSSR count). The third-order valence-electron chi connectivity index (χ3n) is 8.37. The molecule has 0 aromatic heterocycles. The number of carbonyl (C=O) groups excluding carboxylic acids is 4. The summed E-state index contributed by atoms with van der Waals surface area (Å²) < 4.78 is 0. The standard InChI is InChI=1S/C35H46O4/c1-8-10-27(28(9-2)31(37)17-23(4)36)18-25-19-30-29(16-11-22(3)34(30)32(38)20-25)26-14-12-24(13-15-26)21-33(39)35(5,6)7/h11-16,25,27-28H,8-10,17-21H2,1-7H3. The van der Waals surface area contributed by atoms with Crippen LogP contribution in [0.5, 0.6) is 0 Å². The first-order valence-electron chi connectivity index (χ1n) is 14.7. The molecule has 0 aliphatic heterocycles. The summed E-state index contributed by atoms with van der Waals surface area (Å²) in [5.41, 5.74) is 5.73. The number of aryl methyl sites for hydroxylation is 1. The Morgan fingerprint density at radius 2 is 1.64 bits per heavy atom. The van der Waals surface area contributed by atoms with Crippen molar-refractivity contribution in [2.45, 2.75) is 99.8 Å². The molecular weight excluding hydrogens is 484 g/mol. The van der Waals surface area contributed by atoms with Crippen LogP contribution in [0.2, 0.25) is 0 Å². The highest BCUT2D eigenvalue weighted by molar-refractivity contribution is 6.02. The zero-order valence-corrected chi connectivity index (χ0v) is 25.0. The Kier molecular flexibility index (Phi) is 10.2. The van der Waals surface area contributed by atoms with Crippen molar-refractivity contribution in [2.24, 2.45) is 23.2 Å². The number of hydrogen-bond acceptors (Lipinski definition) is 4. The van der Waals surface area contributed by atoms with Gasteiger partial charge < -0.3 is 0 Å². The summed E-state index contributed by atoms with van der Waals surface area (Å²) in [6.07, 6.45) is 5.17. The molecule has 3 atom stereocenters. The van der Waals surface area contributed by atoms with Crippen LogP contribution in [0.4, 0.5) is 0 Å². The van der Waals surface area contributed by atoms with Gasteiger partial charge in [0.25, 0.3) is 0 Å². The SMILES string of the molecule is CCCC(CC1CC(=O)c2c(C)ccc(-c3ccc(CC(=O)C(C)(C)C)cc3)c2C1)C(CC)C(=O)CC(C)=O. The molecule has 39 heavy (non-hydrogen) atoms. The molecule has 0 radical (unpaired) electrons. The molecule has 2 aromatic carbocycles. The molecule has 0 saturated carbocycles. The number of hydrogen-bond donors (Lipinski definition) is 0. The Bertz CT molecular complexity index is 1210. The number of fused-ring (bicyclic) bond motifs is 1. The van der Waals surface area contributed by atoms with Gasteiger partial charge in [0, 0.05) is 29.7 Å². The molecule has 3 unspecified atom stereocenters. The van der Waals surface area contributed by atoms with Crippen molar-refractivity contribution in [3.05, 3.63) is 58.7 Å². The smallest absolute Gasteiger partial charge is 0.163 e. The zero-order chi connectivity index (χ0) is 28.9. The zero-order valence-electron chi connectivity index (χ0n) is 25.0. The minimum atomic E-state index is -0.368. The van der Waals surface area contributed by atoms with Crippen LogP contribution >= 0.6 is 0 Å². The van der Waals surface area contributed by atoms with Gasteiger partial charge in [-0.15, -0.1) is 0 Å². The predicted octanol–water partition coefficient (Wildman–Crippen LogP) is 7.95. The second-order valence-corrected chi connectivity index (χ2v) is 12.7. The van der Waals surface area contributed by atoms with Crippen molar-refractivity contribution in [3.63, 3.8) is 0 Å². The fourth-order valence-electron chi connectivity index (χ4n) is 6.26. The van der Waals surface area contributed by atoms with Gasteiger partial charge in [0.1, 0.15) is 17.3 Å². The summed E-state index contributed by atoms with van der Waals surface area (Å²) >= 11 is 0. The Morgan fingerprint density at radius 1 is 0.974 bits per heavy atom. The van der Waals surface area contributed by atoms with Crippen LogP contribution in [0.25, 0.3) is 11.1 Å². The van der Waals surface area contributed by atoms with E-state index in [9.17, 15) is 19.2 Å². The van der Waals surface area contributed by atoms with Gasteiger partial charge in [0.05, 0.1) is 6.42 Å². The van der Waals surface area contributed by atoms with E-state index in [2.05, 4.69) is 25.1 Å². The van der Waals surface area contributed by atoms with Crippen LogP contribution in [-0.4, -0.2) is 23.1 Å². The van der Waals surface area contributed by atoms with Gasteiger partial charge in [0.2, 0.25) is 0 Å². The first kappa shape index (κ1) is 30.7. The summed E-state index contributed by atoms with van der Waals surface area (Å²) in [5.74, 6) is 0.586. The topological polar surface area (TPSA) is 68.3 Å². The van der Waals surface area contributed by atoms with Crippen LogP contribution in [0.1, 0.15) is 107 Å². The lowest BCUT2D eigenvalue weighted by Gasteiger charge is -2.32. The molecule has 210 valence electrons. The van der Waals surface area contributed by atoms with Crippen molar-refractivity contribution in [2.75, 3.05) is 0 Å². The molecule has 0 bridgehead atoms. The maximum atomic E-state index is 13.5. The quantitative estimate of drug-likeness (QED) is 0.261. The van der Waals surface area contributed by atoms with Gasteiger partial charge in [0.15, 0.2) is 5.78 Å². The molecule has 0 N–H and O–H groups in total. The average Bonchev–Trinajstić information content (AvgIpc) is 2.84. The van der Waals surface area contributed by atoms with Crippen molar-refractivity contribution in [1.82, 2.24) is 0 Å². The first-order chi connectivity index (χ1) is 18.3. The number of carbonyl (C=O) groups is 4. The van der Waals surface area contributed by atoms with Gasteiger partial charge >= 0.3 is 0 Å². The summed E-state index contributed by atoms with van der Waals surface area (Å²) in [6, 6.07) is 12.3. The monoisotopic (exact) mass is 530 g/mol. The number of ketones is 4. The highest BCUT2D eigenvalue weighted by Gasteiger charge is 2.34. The van der Waals surface area contributed by atoms with Gasteiger partial charge in [-0.2, -0.15) is 0 Å². The van der Waals surface area contributed by atoms with E-state index in [4.69, 9.17) is 0 Å². The summed E-state index contributed by atoms with van der Waals surface area (Å²) in [7, 11) is 0. The maximum Gasteiger partial charge on any atom is 0.163 e. The molecule has 2 aromatic rings. The van der Waals surface area contributed by atoms with Crippen LogP contribution < -0.4 is 0 Å². The Morgan fingerprint density at radius 3 is 2.21 bits per heavy atom. The molecule has 1 aliphatic carbocycles. The molecule has 1 aliphatic rings. The fourth-order valence-corrected chi connectivity index (χ4v) is 6.26. The van der Waals surface area contributed by atoms with Crippen molar-refractivity contribution in [3.8, 4) is 11.1 Å². The van der Waals surface area contributed by atoms with Crippen LogP contribution in [-0.2, 0) is 27.2 Å². The van der Waals surface area contributed by atoms with Gasteiger partial charge in [-0.05, 0) is 72.8 Å². The van der Waals surface area contributed by atoms with Crippen molar-refractivity contribution >= 4 is 23.1 Å². The molecule has 0 heterocycles. The Labute approximate surface area is 235 Å². The minimum Gasteiger partial charge on any atom is -0.300 e. The van der Waals surface area contributed by atoms with E-state index in [1.165, 1.54) is 6.92 Å². The molecule has 0 spiro atoms. The number of Topliss-reactive ketones (excluding diaryl/α,β-unsaturated/α-hetero) is 4. The third-order valence-corrected chi connectivity index (χ3v) is 8.37. The largest absolute Gasteiger partial charge is 0.300 e. The summed E-state index contributed by atoms with van der Waals surface area (Å²) in [6.45, 7) is 13.5. The Hall–Kier alpha value is -2.88. The second kappa shape index (κ2) is 13.0. The minimum absolute atomic E-state index is 0.00579. The number of benzene rings is 2. The van der Waals surface area contributed by atoms with E-state index < -0.39 is 0 Å². The lowest BCUT2D eigenvalue weighted by molar-refractivity contribution is -0.130. The van der Waals surface area contributed by atoms with Gasteiger partial charge in [-0.3, -0.25) is 19.2 Å². The summed E-state index contributed by atoms with van der Waals surface area (Å²) in [4.78, 5) is 50.6. The second-order valence-electron chi connectivity index (χ2n) is 12.7. The van der Waals surface area contributed by atoms with E-state index in [0.29, 0.717) is 12.8 Å². The Balaban J connectivity index is 1.89. The predicted molar refractivity (Wildman–Crippen MR) is 158 cm³/mol. The van der Waals surface area contributed by atoms with Gasteiger partial charge in [-0.1, -0.05) is 83.9 Å². The van der Waals surface area contributed by atoms with E-state index in [1.54, 1.807) is 0 Å². The fraction of sp³-hybridized carbons (Fsp3) is 0.543. The van der Waals surface area contributed by atoms with Crippen LogP contribution in [0.15, 0.2) is 36.4 Å². The highest BCUT2D eigenvalue weighted by Crippen LogP contribution is 2.40. The van der Waals surface area contributed by atoms with Gasteiger partial charge in [-0.25, -0.2) is 0 Å². The van der Waals surface area contributed by atoms with E-state index in [1.807, 2.05) is 52.8 Å². The van der Waals surface area contributed by atoms with E-state index in [0.717, 1.165) is 65.5 Å². The van der Waals surface area contributed by atoms with E-state index >= 15 is 0 Å². The normalized spacial score (nSPS) is 16.9. The highest BCUT2D eigenvalue weighted by atomic mass is 16.1. The maximum absolute atomic E-state index is 13.5. The first-order valence-corrected chi connectivity index (χ1v) is 14.7. The average molecular weight is 531 g/mol. The molecule has 0 saturated heterocycles. The lowest BCUT2D eigenvalue weighted by Crippen LogP contribution is -2.30. The third kappa shape index (κ3) is 7.62. The lowest BCUT2D eigenvalue weighted by atomic mass is 9.71. The summed E-state index contributed by atoms with van der Waals surface area (Å²) in [5, 5.41) is 0. The molecule has 0 fully saturated rings. The molecule has 0 amide bonds. The number of rotatable bonds is 12. The van der Waals surface area contributed by atoms with E-state index in [-0.39, 0.29) is 52.7 Å². The van der Waals surface area contributed by atoms with Crippen molar-refractivity contribution < 1.29 is 19.2 Å². The van der Waals surface area contributed by atoms with Crippen LogP contribution in [0.3, 0.4) is 0 Å².